The van der Waals surface area contributed by atoms with E-state index in [1.54, 1.807) is 0 Å². The molecule has 0 bridgehead atoms. The zero-order valence-electron chi connectivity index (χ0n) is 11.4. The van der Waals surface area contributed by atoms with Crippen molar-refractivity contribution in [3.63, 3.8) is 0 Å². The van der Waals surface area contributed by atoms with Crippen LogP contribution in [-0.4, -0.2) is 9.38 Å². The Labute approximate surface area is 112 Å². The van der Waals surface area contributed by atoms with Crippen LogP contribution in [0.25, 0.3) is 16.9 Å². The first kappa shape index (κ1) is 11.8. The lowest BCUT2D eigenvalue weighted by Crippen LogP contribution is -1.97. The molecule has 3 rings (SSSR count). The van der Waals surface area contributed by atoms with E-state index in [1.807, 2.05) is 29.5 Å². The molecule has 96 valence electrons. The Morgan fingerprint density at radius 1 is 1.05 bits per heavy atom. The van der Waals surface area contributed by atoms with E-state index in [2.05, 4.69) is 37.0 Å². The Hall–Kier alpha value is -2.29. The summed E-state index contributed by atoms with van der Waals surface area (Å²) in [4.78, 5) is 4.68. The maximum Gasteiger partial charge on any atom is 0.139 e. The molecule has 2 N–H and O–H groups in total. The van der Waals surface area contributed by atoms with E-state index >= 15 is 0 Å². The number of anilines is 1. The Morgan fingerprint density at radius 3 is 2.58 bits per heavy atom. The normalized spacial score (nSPS) is 11.1. The van der Waals surface area contributed by atoms with Gasteiger partial charge in [0, 0.05) is 11.3 Å². The van der Waals surface area contributed by atoms with Crippen LogP contribution in [0.2, 0.25) is 0 Å². The molecule has 0 radical (unpaired) electrons. The Balaban J connectivity index is 2.34. The van der Waals surface area contributed by atoms with Gasteiger partial charge in [0.1, 0.15) is 17.2 Å². The summed E-state index contributed by atoms with van der Waals surface area (Å²) in [5.74, 6) is 0.710. The number of nitrogen functional groups attached to an aromatic ring is 1. The number of pyridine rings is 1. The molecule has 0 saturated carbocycles. The van der Waals surface area contributed by atoms with Crippen LogP contribution < -0.4 is 5.73 Å². The maximum absolute atomic E-state index is 6.29. The fourth-order valence-electron chi connectivity index (χ4n) is 2.47. The van der Waals surface area contributed by atoms with Crippen molar-refractivity contribution in [1.29, 1.82) is 0 Å². The van der Waals surface area contributed by atoms with Crippen LogP contribution in [0.3, 0.4) is 0 Å². The number of nitrogens with two attached hydrogens (primary N) is 1. The van der Waals surface area contributed by atoms with Crippen LogP contribution in [0, 0.1) is 20.8 Å². The minimum atomic E-state index is 0.710. The third kappa shape index (κ3) is 1.78. The first-order valence-corrected chi connectivity index (χ1v) is 6.39. The standard InChI is InChI=1S/C16H17N3/c1-10-7-8-11(2)13(9-10)15-16(17)19-12(3)5-4-6-14(19)18-15/h4-9H,17H2,1-3H3. The van der Waals surface area contributed by atoms with E-state index in [-0.39, 0.29) is 0 Å². The molecule has 0 saturated heterocycles. The van der Waals surface area contributed by atoms with Crippen LogP contribution >= 0.6 is 0 Å². The molecule has 0 atom stereocenters. The second-order valence-corrected chi connectivity index (χ2v) is 5.02. The first-order valence-electron chi connectivity index (χ1n) is 6.39. The van der Waals surface area contributed by atoms with Crippen molar-refractivity contribution >= 4 is 11.5 Å². The van der Waals surface area contributed by atoms with E-state index < -0.39 is 0 Å². The number of imidazole rings is 1. The van der Waals surface area contributed by atoms with Crippen molar-refractivity contribution in [2.24, 2.45) is 0 Å². The Kier molecular flexibility index (Phi) is 2.56. The molecule has 0 aliphatic rings. The molecular weight excluding hydrogens is 234 g/mol. The number of nitrogens with zero attached hydrogens (tertiary/aromatic N) is 2. The molecule has 2 heterocycles. The van der Waals surface area contributed by atoms with Crippen LogP contribution in [0.5, 0.6) is 0 Å². The van der Waals surface area contributed by atoms with Crippen molar-refractivity contribution in [2.75, 3.05) is 5.73 Å². The summed E-state index contributed by atoms with van der Waals surface area (Å²) in [7, 11) is 0. The number of benzene rings is 1. The highest BCUT2D eigenvalue weighted by Crippen LogP contribution is 2.30. The fourth-order valence-corrected chi connectivity index (χ4v) is 2.47. The fraction of sp³-hybridized carbons (Fsp3) is 0.188. The summed E-state index contributed by atoms with van der Waals surface area (Å²) in [6.45, 7) is 6.21. The lowest BCUT2D eigenvalue weighted by Gasteiger charge is -2.06. The number of fused-ring (bicyclic) bond motifs is 1. The Bertz CT molecular complexity index is 769. The maximum atomic E-state index is 6.29. The van der Waals surface area contributed by atoms with Gasteiger partial charge in [-0.1, -0.05) is 23.8 Å². The minimum absolute atomic E-state index is 0.710. The van der Waals surface area contributed by atoms with Gasteiger partial charge < -0.3 is 5.73 Å². The minimum Gasteiger partial charge on any atom is -0.383 e. The summed E-state index contributed by atoms with van der Waals surface area (Å²) >= 11 is 0. The monoisotopic (exact) mass is 251 g/mol. The SMILES string of the molecule is Cc1ccc(C)c(-c2nc3cccc(C)n3c2N)c1. The van der Waals surface area contributed by atoms with E-state index in [4.69, 9.17) is 5.73 Å². The largest absolute Gasteiger partial charge is 0.383 e. The van der Waals surface area contributed by atoms with Crippen molar-refractivity contribution in [3.05, 3.63) is 53.2 Å². The first-order chi connectivity index (χ1) is 9.08. The number of hydrogen-bond acceptors (Lipinski definition) is 2. The predicted octanol–water partition coefficient (Wildman–Crippen LogP) is 3.51. The topological polar surface area (TPSA) is 43.3 Å². The van der Waals surface area contributed by atoms with Gasteiger partial charge in [-0.3, -0.25) is 4.40 Å². The van der Waals surface area contributed by atoms with Gasteiger partial charge in [0.25, 0.3) is 0 Å². The lowest BCUT2D eigenvalue weighted by molar-refractivity contribution is 1.10. The molecule has 2 aromatic heterocycles. The average Bonchev–Trinajstić information content (AvgIpc) is 2.71. The molecule has 0 spiro atoms. The zero-order valence-corrected chi connectivity index (χ0v) is 11.4. The average molecular weight is 251 g/mol. The second kappa shape index (κ2) is 4.12. The molecule has 0 aliphatic heterocycles. The molecule has 0 unspecified atom stereocenters. The van der Waals surface area contributed by atoms with E-state index in [1.165, 1.54) is 11.1 Å². The van der Waals surface area contributed by atoms with Crippen LogP contribution in [0.1, 0.15) is 16.8 Å². The van der Waals surface area contributed by atoms with E-state index in [9.17, 15) is 0 Å². The predicted molar refractivity (Wildman–Crippen MR) is 79.3 cm³/mol. The highest BCUT2D eigenvalue weighted by atomic mass is 15.1. The van der Waals surface area contributed by atoms with Gasteiger partial charge in [-0.25, -0.2) is 4.98 Å². The van der Waals surface area contributed by atoms with Gasteiger partial charge in [-0.05, 0) is 44.5 Å². The number of aromatic nitrogens is 2. The van der Waals surface area contributed by atoms with Gasteiger partial charge in [-0.15, -0.1) is 0 Å². The van der Waals surface area contributed by atoms with Crippen LogP contribution in [0.4, 0.5) is 5.82 Å². The summed E-state index contributed by atoms with van der Waals surface area (Å²) in [6.07, 6.45) is 0. The van der Waals surface area contributed by atoms with Gasteiger partial charge >= 0.3 is 0 Å². The molecule has 0 aliphatic carbocycles. The third-order valence-electron chi connectivity index (χ3n) is 3.52. The molecular formula is C16H17N3. The van der Waals surface area contributed by atoms with Crippen molar-refractivity contribution in [3.8, 4) is 11.3 Å². The highest BCUT2D eigenvalue weighted by Gasteiger charge is 2.14. The van der Waals surface area contributed by atoms with E-state index in [0.717, 1.165) is 22.6 Å². The summed E-state index contributed by atoms with van der Waals surface area (Å²) in [5, 5.41) is 0. The van der Waals surface area contributed by atoms with Gasteiger partial charge in [0.15, 0.2) is 0 Å². The number of rotatable bonds is 1. The summed E-state index contributed by atoms with van der Waals surface area (Å²) < 4.78 is 2.00. The van der Waals surface area contributed by atoms with Gasteiger partial charge in [0.2, 0.25) is 0 Å². The van der Waals surface area contributed by atoms with Crippen LogP contribution in [-0.2, 0) is 0 Å². The van der Waals surface area contributed by atoms with E-state index in [0.29, 0.717) is 5.82 Å². The quantitative estimate of drug-likeness (QED) is 0.719. The lowest BCUT2D eigenvalue weighted by atomic mass is 10.0. The molecule has 19 heavy (non-hydrogen) atoms. The summed E-state index contributed by atoms with van der Waals surface area (Å²) in [6, 6.07) is 12.4. The highest BCUT2D eigenvalue weighted by molar-refractivity contribution is 5.77. The number of hydrogen-bond donors (Lipinski definition) is 1. The number of aryl methyl sites for hydroxylation is 3. The summed E-state index contributed by atoms with van der Waals surface area (Å²) in [5.41, 5.74) is 12.7. The molecule has 0 amide bonds. The van der Waals surface area contributed by atoms with Crippen molar-refractivity contribution < 1.29 is 0 Å². The molecule has 0 fully saturated rings. The molecule has 3 nitrogen and oxygen atoms in total. The Morgan fingerprint density at radius 2 is 1.84 bits per heavy atom. The zero-order chi connectivity index (χ0) is 13.6. The molecule has 1 aromatic carbocycles. The third-order valence-corrected chi connectivity index (χ3v) is 3.52. The van der Waals surface area contributed by atoms with Crippen molar-refractivity contribution in [2.45, 2.75) is 20.8 Å². The molecule has 3 aromatic rings. The van der Waals surface area contributed by atoms with Gasteiger partial charge in [-0.2, -0.15) is 0 Å². The molecule has 3 heteroatoms. The smallest absolute Gasteiger partial charge is 0.139 e. The van der Waals surface area contributed by atoms with Crippen molar-refractivity contribution in [1.82, 2.24) is 9.38 Å². The van der Waals surface area contributed by atoms with Gasteiger partial charge in [0.05, 0.1) is 0 Å². The second-order valence-electron chi connectivity index (χ2n) is 5.02. The van der Waals surface area contributed by atoms with Crippen LogP contribution in [0.15, 0.2) is 36.4 Å².